The van der Waals surface area contributed by atoms with Gasteiger partial charge in [-0.25, -0.2) is 4.98 Å². The Labute approximate surface area is 140 Å². The van der Waals surface area contributed by atoms with Gasteiger partial charge in [0.15, 0.2) is 0 Å². The lowest BCUT2D eigenvalue weighted by Crippen LogP contribution is -2.15. The highest BCUT2D eigenvalue weighted by molar-refractivity contribution is 6.03. The number of hydrogen-bond donors (Lipinski definition) is 1. The zero-order chi connectivity index (χ0) is 16.4. The Balaban J connectivity index is 1.51. The second-order valence-corrected chi connectivity index (χ2v) is 5.63. The molecule has 1 amide bonds. The Morgan fingerprint density at radius 3 is 2.75 bits per heavy atom. The van der Waals surface area contributed by atoms with Crippen LogP contribution in [0.25, 0.3) is 0 Å². The van der Waals surface area contributed by atoms with E-state index in [1.54, 1.807) is 24.5 Å². The summed E-state index contributed by atoms with van der Waals surface area (Å²) in [5, 5.41) is 2.84. The molecule has 0 spiro atoms. The van der Waals surface area contributed by atoms with E-state index in [4.69, 9.17) is 0 Å². The number of carbonyl (C=O) groups excluding carboxylic acids is 1. The summed E-state index contributed by atoms with van der Waals surface area (Å²) in [6.45, 7) is 0.924. The molecule has 1 aliphatic heterocycles. The number of pyridine rings is 2. The smallest absolute Gasteiger partial charge is 0.257 e. The third kappa shape index (κ3) is 2.72. The molecule has 0 aliphatic carbocycles. The number of carbonyl (C=O) groups is 1. The van der Waals surface area contributed by atoms with Gasteiger partial charge in [0.05, 0.1) is 17.4 Å². The van der Waals surface area contributed by atoms with E-state index in [1.165, 1.54) is 17.4 Å². The van der Waals surface area contributed by atoms with Gasteiger partial charge in [0.2, 0.25) is 0 Å². The first kappa shape index (κ1) is 14.4. The molecule has 2 aromatic heterocycles. The number of amides is 1. The van der Waals surface area contributed by atoms with Crippen molar-refractivity contribution in [1.29, 1.82) is 0 Å². The van der Waals surface area contributed by atoms with E-state index < -0.39 is 0 Å². The van der Waals surface area contributed by atoms with Gasteiger partial charge >= 0.3 is 0 Å². The quantitative estimate of drug-likeness (QED) is 0.804. The largest absolute Gasteiger partial charge is 0.326 e. The summed E-state index contributed by atoms with van der Waals surface area (Å²) in [5.41, 5.74) is 3.74. The van der Waals surface area contributed by atoms with Crippen LogP contribution in [0, 0.1) is 0 Å². The number of rotatable bonds is 3. The van der Waals surface area contributed by atoms with Crippen LogP contribution in [-0.2, 0) is 6.42 Å². The number of para-hydroxylation sites is 1. The molecule has 0 bridgehead atoms. The Hall–Kier alpha value is -3.21. The minimum atomic E-state index is -0.191. The molecule has 0 fully saturated rings. The van der Waals surface area contributed by atoms with E-state index in [9.17, 15) is 4.79 Å². The SMILES string of the molecule is O=C(Nc1ccc(N2CCc3ccccc32)nc1)c1cccnc1. The highest BCUT2D eigenvalue weighted by atomic mass is 16.1. The van der Waals surface area contributed by atoms with Gasteiger partial charge in [-0.05, 0) is 42.3 Å². The number of fused-ring (bicyclic) bond motifs is 1. The van der Waals surface area contributed by atoms with Crippen LogP contribution in [0.1, 0.15) is 15.9 Å². The van der Waals surface area contributed by atoms with Gasteiger partial charge in [-0.15, -0.1) is 0 Å². The fourth-order valence-electron chi connectivity index (χ4n) is 2.90. The number of aromatic nitrogens is 2. The maximum Gasteiger partial charge on any atom is 0.257 e. The summed E-state index contributed by atoms with van der Waals surface area (Å²) in [6, 6.07) is 15.6. The molecule has 3 aromatic rings. The fraction of sp³-hybridized carbons (Fsp3) is 0.105. The molecule has 118 valence electrons. The molecule has 4 rings (SSSR count). The van der Waals surface area contributed by atoms with E-state index in [1.807, 2.05) is 18.2 Å². The van der Waals surface area contributed by atoms with E-state index in [0.717, 1.165) is 18.8 Å². The van der Waals surface area contributed by atoms with Crippen molar-refractivity contribution in [2.24, 2.45) is 0 Å². The number of benzene rings is 1. The zero-order valence-corrected chi connectivity index (χ0v) is 13.0. The number of hydrogen-bond acceptors (Lipinski definition) is 4. The van der Waals surface area contributed by atoms with Crippen LogP contribution < -0.4 is 10.2 Å². The lowest BCUT2D eigenvalue weighted by molar-refractivity contribution is 0.102. The third-order valence-corrected chi connectivity index (χ3v) is 4.09. The second kappa shape index (κ2) is 6.12. The van der Waals surface area contributed by atoms with Crippen molar-refractivity contribution >= 4 is 23.1 Å². The molecule has 0 saturated carbocycles. The average molecular weight is 316 g/mol. The third-order valence-electron chi connectivity index (χ3n) is 4.09. The minimum Gasteiger partial charge on any atom is -0.326 e. The van der Waals surface area contributed by atoms with E-state index >= 15 is 0 Å². The van der Waals surface area contributed by atoms with Gasteiger partial charge in [-0.2, -0.15) is 0 Å². The van der Waals surface area contributed by atoms with Crippen molar-refractivity contribution in [3.63, 3.8) is 0 Å². The Morgan fingerprint density at radius 2 is 1.96 bits per heavy atom. The Bertz CT molecular complexity index is 862. The minimum absolute atomic E-state index is 0.191. The molecule has 0 unspecified atom stereocenters. The summed E-state index contributed by atoms with van der Waals surface area (Å²) in [4.78, 5) is 22.8. The highest BCUT2D eigenvalue weighted by Crippen LogP contribution is 2.33. The van der Waals surface area contributed by atoms with Crippen molar-refractivity contribution in [3.05, 3.63) is 78.2 Å². The topological polar surface area (TPSA) is 58.1 Å². The first-order valence-corrected chi connectivity index (χ1v) is 7.84. The van der Waals surface area contributed by atoms with Crippen LogP contribution in [0.15, 0.2) is 67.1 Å². The molecule has 1 N–H and O–H groups in total. The van der Waals surface area contributed by atoms with Gasteiger partial charge in [-0.1, -0.05) is 18.2 Å². The molecule has 5 nitrogen and oxygen atoms in total. The van der Waals surface area contributed by atoms with Crippen molar-refractivity contribution in [1.82, 2.24) is 9.97 Å². The number of nitrogens with zero attached hydrogens (tertiary/aromatic N) is 3. The van der Waals surface area contributed by atoms with Crippen LogP contribution in [0.2, 0.25) is 0 Å². The maximum absolute atomic E-state index is 12.1. The van der Waals surface area contributed by atoms with Crippen LogP contribution in [0.3, 0.4) is 0 Å². The summed E-state index contributed by atoms with van der Waals surface area (Å²) >= 11 is 0. The first-order chi connectivity index (χ1) is 11.8. The van der Waals surface area contributed by atoms with Gasteiger partial charge in [0, 0.05) is 24.6 Å². The van der Waals surface area contributed by atoms with Crippen molar-refractivity contribution < 1.29 is 4.79 Å². The molecular formula is C19H16N4O. The normalized spacial score (nSPS) is 12.8. The molecule has 24 heavy (non-hydrogen) atoms. The molecule has 0 saturated heterocycles. The maximum atomic E-state index is 12.1. The number of anilines is 3. The molecule has 1 aliphatic rings. The first-order valence-electron chi connectivity index (χ1n) is 7.84. The predicted molar refractivity (Wildman–Crippen MR) is 93.6 cm³/mol. The Morgan fingerprint density at radius 1 is 1.04 bits per heavy atom. The molecule has 0 radical (unpaired) electrons. The van der Waals surface area contributed by atoms with E-state index in [-0.39, 0.29) is 5.91 Å². The zero-order valence-electron chi connectivity index (χ0n) is 13.0. The lowest BCUT2D eigenvalue weighted by Gasteiger charge is -2.18. The monoisotopic (exact) mass is 316 g/mol. The van der Waals surface area contributed by atoms with Crippen LogP contribution in [-0.4, -0.2) is 22.4 Å². The molecule has 5 heteroatoms. The van der Waals surface area contributed by atoms with Crippen molar-refractivity contribution in [3.8, 4) is 0 Å². The van der Waals surface area contributed by atoms with Gasteiger partial charge < -0.3 is 10.2 Å². The van der Waals surface area contributed by atoms with Crippen LogP contribution in [0.4, 0.5) is 17.2 Å². The predicted octanol–water partition coefficient (Wildman–Crippen LogP) is 3.42. The van der Waals surface area contributed by atoms with E-state index in [0.29, 0.717) is 11.3 Å². The summed E-state index contributed by atoms with van der Waals surface area (Å²) < 4.78 is 0. The standard InChI is InChI=1S/C19H16N4O/c24-19(15-5-3-10-20-12-15)22-16-7-8-18(21-13-16)23-11-9-14-4-1-2-6-17(14)23/h1-8,10,12-13H,9,11H2,(H,22,24). The highest BCUT2D eigenvalue weighted by Gasteiger charge is 2.20. The van der Waals surface area contributed by atoms with Crippen LogP contribution >= 0.6 is 0 Å². The molecule has 3 heterocycles. The summed E-state index contributed by atoms with van der Waals surface area (Å²) in [5.74, 6) is 0.698. The second-order valence-electron chi connectivity index (χ2n) is 5.63. The average Bonchev–Trinajstić information content (AvgIpc) is 3.07. The number of nitrogens with one attached hydrogen (secondary N) is 1. The molecular weight excluding hydrogens is 300 g/mol. The summed E-state index contributed by atoms with van der Waals surface area (Å²) in [6.07, 6.45) is 5.89. The van der Waals surface area contributed by atoms with Crippen LogP contribution in [0.5, 0.6) is 0 Å². The van der Waals surface area contributed by atoms with Crippen molar-refractivity contribution in [2.75, 3.05) is 16.8 Å². The van der Waals surface area contributed by atoms with Crippen molar-refractivity contribution in [2.45, 2.75) is 6.42 Å². The van der Waals surface area contributed by atoms with Gasteiger partial charge in [0.25, 0.3) is 5.91 Å². The molecule has 1 aromatic carbocycles. The van der Waals surface area contributed by atoms with Gasteiger partial charge in [-0.3, -0.25) is 9.78 Å². The fourth-order valence-corrected chi connectivity index (χ4v) is 2.90. The lowest BCUT2D eigenvalue weighted by atomic mass is 10.2. The summed E-state index contributed by atoms with van der Waals surface area (Å²) in [7, 11) is 0. The molecule has 0 atom stereocenters. The van der Waals surface area contributed by atoms with E-state index in [2.05, 4.69) is 38.4 Å². The Kier molecular flexibility index (Phi) is 3.67. The van der Waals surface area contributed by atoms with Gasteiger partial charge in [0.1, 0.15) is 5.82 Å².